The predicted molar refractivity (Wildman–Crippen MR) is 105 cm³/mol. The molecule has 2 rings (SSSR count). The number of hydrogen-bond donors (Lipinski definition) is 2. The summed E-state index contributed by atoms with van der Waals surface area (Å²) in [5.41, 5.74) is -0.144. The van der Waals surface area contributed by atoms with Crippen LogP contribution < -0.4 is 10.6 Å². The topological polar surface area (TPSA) is 49.3 Å². The predicted octanol–water partition coefficient (Wildman–Crippen LogP) is 4.40. The van der Waals surface area contributed by atoms with Crippen LogP contribution >= 0.6 is 35.3 Å². The highest BCUT2D eigenvalue weighted by Crippen LogP contribution is 2.32. The highest BCUT2D eigenvalue weighted by atomic mass is 127. The molecule has 1 heterocycles. The van der Waals surface area contributed by atoms with Gasteiger partial charge in [0.25, 0.3) is 0 Å². The Hall–Kier alpha value is -1.43. The second kappa shape index (κ2) is 9.49. The third-order valence-electron chi connectivity index (χ3n) is 3.46. The molecule has 0 saturated carbocycles. The van der Waals surface area contributed by atoms with Crippen molar-refractivity contribution < 1.29 is 17.6 Å². The van der Waals surface area contributed by atoms with Crippen LogP contribution in [0.1, 0.15) is 26.7 Å². The Labute approximate surface area is 170 Å². The maximum Gasteiger partial charge on any atom is 0.416 e. The number of alkyl halides is 3. The molecule has 2 aromatic rings. The first kappa shape index (κ1) is 22.6. The molecule has 0 amide bonds. The van der Waals surface area contributed by atoms with Crippen molar-refractivity contribution >= 4 is 41.3 Å². The van der Waals surface area contributed by atoms with Gasteiger partial charge in [0.15, 0.2) is 5.96 Å². The second-order valence-electron chi connectivity index (χ2n) is 5.32. The summed E-state index contributed by atoms with van der Waals surface area (Å²) in [7, 11) is 1.52. The Balaban J connectivity index is 0.00000338. The van der Waals surface area contributed by atoms with Gasteiger partial charge in [-0.1, -0.05) is 6.07 Å². The van der Waals surface area contributed by atoms with E-state index >= 15 is 0 Å². The van der Waals surface area contributed by atoms with Gasteiger partial charge in [0.1, 0.15) is 5.82 Å². The first-order valence-electron chi connectivity index (χ1n) is 7.43. The Morgan fingerprint density at radius 1 is 1.19 bits per heavy atom. The fourth-order valence-corrected chi connectivity index (χ4v) is 3.14. The number of nitrogens with zero attached hydrogens (tertiary/aromatic N) is 2. The third kappa shape index (κ3) is 6.08. The fourth-order valence-electron chi connectivity index (χ4n) is 2.27. The number of nitrogens with one attached hydrogen (secondary N) is 2. The van der Waals surface area contributed by atoms with Crippen molar-refractivity contribution in [2.75, 3.05) is 7.05 Å². The Morgan fingerprint density at radius 2 is 1.85 bits per heavy atom. The van der Waals surface area contributed by atoms with Gasteiger partial charge in [0.2, 0.25) is 0 Å². The third-order valence-corrected chi connectivity index (χ3v) is 4.54. The number of halogens is 5. The molecule has 1 aromatic heterocycles. The molecule has 26 heavy (non-hydrogen) atoms. The van der Waals surface area contributed by atoms with Crippen LogP contribution in [-0.2, 0) is 19.3 Å². The van der Waals surface area contributed by atoms with E-state index in [-0.39, 0.29) is 36.1 Å². The zero-order valence-corrected chi connectivity index (χ0v) is 17.5. The number of hydrogen-bond acceptors (Lipinski definition) is 3. The summed E-state index contributed by atoms with van der Waals surface area (Å²) in [5.74, 6) is -0.572. The van der Waals surface area contributed by atoms with Gasteiger partial charge in [-0.3, -0.25) is 4.99 Å². The minimum atomic E-state index is -4.62. The average molecular weight is 502 g/mol. The van der Waals surface area contributed by atoms with Crippen molar-refractivity contribution in [1.82, 2.24) is 15.6 Å². The smallest absolute Gasteiger partial charge is 0.352 e. The number of benzene rings is 1. The van der Waals surface area contributed by atoms with E-state index in [0.717, 1.165) is 27.7 Å². The van der Waals surface area contributed by atoms with Crippen LogP contribution in [0.2, 0.25) is 0 Å². The number of thiazole rings is 1. The molecule has 2 N–H and O–H groups in total. The summed E-state index contributed by atoms with van der Waals surface area (Å²) < 4.78 is 52.1. The summed E-state index contributed by atoms with van der Waals surface area (Å²) in [6.45, 7) is 4.13. The first-order chi connectivity index (χ1) is 11.7. The molecule has 0 fully saturated rings. The zero-order valence-electron chi connectivity index (χ0n) is 14.4. The van der Waals surface area contributed by atoms with Gasteiger partial charge >= 0.3 is 6.18 Å². The number of aryl methyl sites for hydroxylation is 2. The molecule has 1 aromatic carbocycles. The summed E-state index contributed by atoms with van der Waals surface area (Å²) in [6, 6.07) is 2.62. The van der Waals surface area contributed by atoms with Crippen molar-refractivity contribution in [3.05, 3.63) is 50.7 Å². The largest absolute Gasteiger partial charge is 0.416 e. The SMILES string of the molecule is CN=C(NCc1ccc(F)cc1C(F)(F)F)NCc1sc(C)nc1C.I. The molecule has 144 valence electrons. The lowest BCUT2D eigenvalue weighted by atomic mass is 10.1. The second-order valence-corrected chi connectivity index (χ2v) is 6.61. The number of rotatable bonds is 4. The van der Waals surface area contributed by atoms with Crippen molar-refractivity contribution in [2.45, 2.75) is 33.1 Å². The van der Waals surface area contributed by atoms with Gasteiger partial charge in [0, 0.05) is 18.5 Å². The van der Waals surface area contributed by atoms with Gasteiger partial charge in [-0.2, -0.15) is 13.2 Å². The molecule has 0 spiro atoms. The minimum Gasteiger partial charge on any atom is -0.352 e. The van der Waals surface area contributed by atoms with Crippen molar-refractivity contribution in [3.63, 3.8) is 0 Å². The zero-order chi connectivity index (χ0) is 18.6. The molecule has 0 saturated heterocycles. The van der Waals surface area contributed by atoms with E-state index in [0.29, 0.717) is 18.6 Å². The molecular formula is C16H19F4IN4S. The summed E-state index contributed by atoms with van der Waals surface area (Å²) in [5, 5.41) is 6.79. The Bertz CT molecular complexity index is 774. The number of aliphatic imine (C=N–C) groups is 1. The van der Waals surface area contributed by atoms with Crippen LogP contribution in [0, 0.1) is 19.7 Å². The van der Waals surface area contributed by atoms with Gasteiger partial charge in [-0.25, -0.2) is 9.37 Å². The molecule has 0 aliphatic carbocycles. The molecule has 0 unspecified atom stereocenters. The van der Waals surface area contributed by atoms with E-state index in [1.54, 1.807) is 11.3 Å². The lowest BCUT2D eigenvalue weighted by molar-refractivity contribution is -0.138. The first-order valence-corrected chi connectivity index (χ1v) is 8.25. The molecule has 10 heteroatoms. The summed E-state index contributed by atoms with van der Waals surface area (Å²) in [4.78, 5) is 9.33. The number of guanidine groups is 1. The molecule has 0 radical (unpaired) electrons. The van der Waals surface area contributed by atoms with E-state index < -0.39 is 17.6 Å². The number of aromatic nitrogens is 1. The molecule has 0 bridgehead atoms. The van der Waals surface area contributed by atoms with Crippen LogP contribution in [0.3, 0.4) is 0 Å². The van der Waals surface area contributed by atoms with Crippen LogP contribution in [0.5, 0.6) is 0 Å². The van der Waals surface area contributed by atoms with Gasteiger partial charge < -0.3 is 10.6 Å². The minimum absolute atomic E-state index is 0. The average Bonchev–Trinajstić information content (AvgIpc) is 2.85. The Kier molecular flexibility index (Phi) is 8.25. The Morgan fingerprint density at radius 3 is 2.38 bits per heavy atom. The van der Waals surface area contributed by atoms with E-state index in [2.05, 4.69) is 20.6 Å². The van der Waals surface area contributed by atoms with Crippen LogP contribution in [-0.4, -0.2) is 18.0 Å². The van der Waals surface area contributed by atoms with Crippen molar-refractivity contribution in [3.8, 4) is 0 Å². The van der Waals surface area contributed by atoms with Crippen molar-refractivity contribution in [1.29, 1.82) is 0 Å². The maximum absolute atomic E-state index is 13.1. The fraction of sp³-hybridized carbons (Fsp3) is 0.375. The molecule has 0 atom stereocenters. The molecule has 0 aliphatic rings. The lowest BCUT2D eigenvalue weighted by Gasteiger charge is -2.15. The van der Waals surface area contributed by atoms with E-state index in [4.69, 9.17) is 0 Å². The standard InChI is InChI=1S/C16H18F4N4S.HI/c1-9-14(25-10(2)24-9)8-23-15(21-3)22-7-11-4-5-12(17)6-13(11)16(18,19)20;/h4-6H,7-8H2,1-3H3,(H2,21,22,23);1H. The van der Waals surface area contributed by atoms with E-state index in [9.17, 15) is 17.6 Å². The van der Waals surface area contributed by atoms with Gasteiger partial charge in [0.05, 0.1) is 22.8 Å². The molecule has 0 aliphatic heterocycles. The highest BCUT2D eigenvalue weighted by Gasteiger charge is 2.33. The molecular weight excluding hydrogens is 483 g/mol. The van der Waals surface area contributed by atoms with E-state index in [1.807, 2.05) is 13.8 Å². The maximum atomic E-state index is 13.1. The highest BCUT2D eigenvalue weighted by molar-refractivity contribution is 14.0. The van der Waals surface area contributed by atoms with E-state index in [1.165, 1.54) is 7.05 Å². The molecule has 4 nitrogen and oxygen atoms in total. The normalized spacial score (nSPS) is 11.9. The van der Waals surface area contributed by atoms with Crippen LogP contribution in [0.25, 0.3) is 0 Å². The van der Waals surface area contributed by atoms with Gasteiger partial charge in [-0.15, -0.1) is 35.3 Å². The summed E-state index contributed by atoms with van der Waals surface area (Å²) in [6.07, 6.45) is -4.62. The van der Waals surface area contributed by atoms with Gasteiger partial charge in [-0.05, 0) is 31.5 Å². The van der Waals surface area contributed by atoms with Crippen LogP contribution in [0.4, 0.5) is 17.6 Å². The summed E-state index contributed by atoms with van der Waals surface area (Å²) >= 11 is 1.54. The monoisotopic (exact) mass is 502 g/mol. The van der Waals surface area contributed by atoms with Crippen molar-refractivity contribution in [2.24, 2.45) is 4.99 Å². The quantitative estimate of drug-likeness (QED) is 0.282. The van der Waals surface area contributed by atoms with Crippen LogP contribution in [0.15, 0.2) is 23.2 Å². The lowest BCUT2D eigenvalue weighted by Crippen LogP contribution is -2.36.